The number of amides is 1. The van der Waals surface area contributed by atoms with Crippen molar-refractivity contribution >= 4 is 34.2 Å². The van der Waals surface area contributed by atoms with Crippen molar-refractivity contribution in [2.45, 2.75) is 0 Å². The van der Waals surface area contributed by atoms with Crippen molar-refractivity contribution in [3.05, 3.63) is 57.7 Å². The molecule has 0 saturated carbocycles. The highest BCUT2D eigenvalue weighted by molar-refractivity contribution is 14.1. The molecule has 86 valence electrons. The van der Waals surface area contributed by atoms with Crippen molar-refractivity contribution < 1.29 is 9.18 Å². The molecule has 3 nitrogen and oxygen atoms in total. The number of aromatic nitrogens is 1. The van der Waals surface area contributed by atoms with E-state index in [0.29, 0.717) is 5.69 Å². The lowest BCUT2D eigenvalue weighted by Gasteiger charge is -2.07. The largest absolute Gasteiger partial charge is 0.321 e. The van der Waals surface area contributed by atoms with Crippen molar-refractivity contribution in [2.24, 2.45) is 0 Å². The number of hydrogen-bond acceptors (Lipinski definition) is 2. The Bertz CT molecular complexity index is 560. The molecule has 1 heterocycles. The molecule has 0 saturated heterocycles. The van der Waals surface area contributed by atoms with Crippen molar-refractivity contribution in [3.63, 3.8) is 0 Å². The van der Waals surface area contributed by atoms with Gasteiger partial charge in [-0.1, -0.05) is 12.1 Å². The molecule has 0 aliphatic rings. The number of nitrogens with zero attached hydrogens (tertiary/aromatic N) is 1. The van der Waals surface area contributed by atoms with Crippen LogP contribution in [0.1, 0.15) is 10.4 Å². The van der Waals surface area contributed by atoms with Gasteiger partial charge in [-0.15, -0.1) is 0 Å². The van der Waals surface area contributed by atoms with Gasteiger partial charge in [-0.2, -0.15) is 0 Å². The Kier molecular flexibility index (Phi) is 3.68. The maximum atomic E-state index is 13.3. The van der Waals surface area contributed by atoms with E-state index >= 15 is 0 Å². The van der Waals surface area contributed by atoms with Crippen LogP contribution in [0.3, 0.4) is 0 Å². The number of hydrogen-bond donors (Lipinski definition) is 1. The van der Waals surface area contributed by atoms with Gasteiger partial charge in [0.1, 0.15) is 0 Å². The molecule has 1 N–H and O–H groups in total. The van der Waals surface area contributed by atoms with Crippen molar-refractivity contribution in [3.8, 4) is 0 Å². The number of para-hydroxylation sites is 1. The van der Waals surface area contributed by atoms with Crippen LogP contribution in [0.2, 0.25) is 0 Å². The normalized spacial score (nSPS) is 10.0. The summed E-state index contributed by atoms with van der Waals surface area (Å²) in [6.45, 7) is 0. The van der Waals surface area contributed by atoms with Gasteiger partial charge in [-0.3, -0.25) is 9.78 Å². The third kappa shape index (κ3) is 2.79. The molecular weight excluding hydrogens is 334 g/mol. The SMILES string of the molecule is O=C(Nc1ccccc1I)c1ccncc1F. The van der Waals surface area contributed by atoms with Gasteiger partial charge < -0.3 is 5.32 Å². The number of anilines is 1. The summed E-state index contributed by atoms with van der Waals surface area (Å²) < 4.78 is 14.2. The molecule has 1 aromatic heterocycles. The van der Waals surface area contributed by atoms with Gasteiger partial charge in [-0.05, 0) is 40.8 Å². The Morgan fingerprint density at radius 2 is 2.06 bits per heavy atom. The van der Waals surface area contributed by atoms with Crippen LogP contribution in [0.4, 0.5) is 10.1 Å². The van der Waals surface area contributed by atoms with Crippen LogP contribution in [0.25, 0.3) is 0 Å². The zero-order valence-electron chi connectivity index (χ0n) is 8.65. The Hall–Kier alpha value is -1.50. The van der Waals surface area contributed by atoms with Crippen LogP contribution in [-0.4, -0.2) is 10.9 Å². The maximum Gasteiger partial charge on any atom is 0.258 e. The van der Waals surface area contributed by atoms with E-state index in [2.05, 4.69) is 32.9 Å². The highest BCUT2D eigenvalue weighted by Crippen LogP contribution is 2.18. The molecule has 0 spiro atoms. The third-order valence-electron chi connectivity index (χ3n) is 2.14. The molecule has 0 bridgehead atoms. The molecule has 0 radical (unpaired) electrons. The summed E-state index contributed by atoms with van der Waals surface area (Å²) in [5.74, 6) is -1.11. The Morgan fingerprint density at radius 1 is 1.29 bits per heavy atom. The molecular formula is C12H8FIN2O. The van der Waals surface area contributed by atoms with E-state index < -0.39 is 11.7 Å². The Morgan fingerprint density at radius 3 is 2.76 bits per heavy atom. The fourth-order valence-corrected chi connectivity index (χ4v) is 1.83. The number of pyridine rings is 1. The number of carbonyl (C=O) groups excluding carboxylic acids is 1. The first-order valence-corrected chi connectivity index (χ1v) is 5.92. The number of benzene rings is 1. The Labute approximate surface area is 111 Å². The minimum absolute atomic E-state index is 0.0142. The topological polar surface area (TPSA) is 42.0 Å². The first kappa shape index (κ1) is 12.0. The zero-order chi connectivity index (χ0) is 12.3. The van der Waals surface area contributed by atoms with Gasteiger partial charge in [-0.25, -0.2) is 4.39 Å². The molecule has 1 amide bonds. The van der Waals surface area contributed by atoms with E-state index in [1.54, 1.807) is 12.1 Å². The molecule has 5 heteroatoms. The maximum absolute atomic E-state index is 13.3. The first-order valence-electron chi connectivity index (χ1n) is 4.84. The highest BCUT2D eigenvalue weighted by atomic mass is 127. The minimum Gasteiger partial charge on any atom is -0.321 e. The van der Waals surface area contributed by atoms with Crippen molar-refractivity contribution in [1.29, 1.82) is 0 Å². The average molecular weight is 342 g/mol. The third-order valence-corrected chi connectivity index (χ3v) is 3.08. The monoisotopic (exact) mass is 342 g/mol. The van der Waals surface area contributed by atoms with Gasteiger partial charge in [0.2, 0.25) is 0 Å². The van der Waals surface area contributed by atoms with E-state index in [-0.39, 0.29) is 5.56 Å². The average Bonchev–Trinajstić information content (AvgIpc) is 2.32. The smallest absolute Gasteiger partial charge is 0.258 e. The number of rotatable bonds is 2. The van der Waals surface area contributed by atoms with Gasteiger partial charge >= 0.3 is 0 Å². The molecule has 1 aromatic carbocycles. The van der Waals surface area contributed by atoms with Gasteiger partial charge in [0.05, 0.1) is 17.4 Å². The summed E-state index contributed by atoms with van der Waals surface area (Å²) in [7, 11) is 0. The molecule has 0 aliphatic heterocycles. The van der Waals surface area contributed by atoms with Crippen LogP contribution in [-0.2, 0) is 0 Å². The molecule has 2 rings (SSSR count). The lowest BCUT2D eigenvalue weighted by atomic mass is 10.2. The van der Waals surface area contributed by atoms with Crippen LogP contribution in [0, 0.1) is 9.39 Å². The summed E-state index contributed by atoms with van der Waals surface area (Å²) in [5, 5.41) is 2.65. The predicted molar refractivity (Wildman–Crippen MR) is 71.3 cm³/mol. The zero-order valence-corrected chi connectivity index (χ0v) is 10.8. The summed E-state index contributed by atoms with van der Waals surface area (Å²) in [5.41, 5.74) is 0.647. The van der Waals surface area contributed by atoms with E-state index in [4.69, 9.17) is 0 Å². The second-order valence-corrected chi connectivity index (χ2v) is 4.45. The van der Waals surface area contributed by atoms with Crippen LogP contribution >= 0.6 is 22.6 Å². The van der Waals surface area contributed by atoms with Gasteiger partial charge in [0, 0.05) is 9.77 Å². The molecule has 0 atom stereocenters. The predicted octanol–water partition coefficient (Wildman–Crippen LogP) is 3.08. The quantitative estimate of drug-likeness (QED) is 0.853. The fourth-order valence-electron chi connectivity index (χ4n) is 1.31. The highest BCUT2D eigenvalue weighted by Gasteiger charge is 2.12. The van der Waals surface area contributed by atoms with Crippen LogP contribution in [0.5, 0.6) is 0 Å². The van der Waals surface area contributed by atoms with Crippen LogP contribution < -0.4 is 5.32 Å². The summed E-state index contributed by atoms with van der Waals surface area (Å²) >= 11 is 2.10. The van der Waals surface area contributed by atoms with Crippen molar-refractivity contribution in [2.75, 3.05) is 5.32 Å². The molecule has 0 aliphatic carbocycles. The summed E-state index contributed by atoms with van der Waals surface area (Å²) in [4.78, 5) is 15.4. The fraction of sp³-hybridized carbons (Fsp3) is 0. The van der Waals surface area contributed by atoms with Crippen LogP contribution in [0.15, 0.2) is 42.7 Å². The molecule has 2 aromatic rings. The van der Waals surface area contributed by atoms with Gasteiger partial charge in [0.25, 0.3) is 5.91 Å². The lowest BCUT2D eigenvalue weighted by Crippen LogP contribution is -2.14. The number of carbonyl (C=O) groups is 1. The molecule has 17 heavy (non-hydrogen) atoms. The molecule has 0 unspecified atom stereocenters. The number of nitrogens with one attached hydrogen (secondary N) is 1. The lowest BCUT2D eigenvalue weighted by molar-refractivity contribution is 0.102. The number of halogens is 2. The first-order chi connectivity index (χ1) is 8.18. The second kappa shape index (κ2) is 5.22. The standard InChI is InChI=1S/C12H8FIN2O/c13-9-7-15-6-5-8(9)12(17)16-11-4-2-1-3-10(11)14/h1-7H,(H,16,17). The van der Waals surface area contributed by atoms with E-state index in [1.807, 2.05) is 12.1 Å². The Balaban J connectivity index is 2.24. The van der Waals surface area contributed by atoms with E-state index in [0.717, 1.165) is 9.77 Å². The molecule has 0 fully saturated rings. The van der Waals surface area contributed by atoms with E-state index in [9.17, 15) is 9.18 Å². The van der Waals surface area contributed by atoms with Crippen molar-refractivity contribution in [1.82, 2.24) is 4.98 Å². The summed E-state index contributed by atoms with van der Waals surface area (Å²) in [6.07, 6.45) is 2.40. The minimum atomic E-state index is -0.629. The summed E-state index contributed by atoms with van der Waals surface area (Å²) in [6, 6.07) is 8.64. The van der Waals surface area contributed by atoms with Gasteiger partial charge in [0.15, 0.2) is 5.82 Å². The second-order valence-electron chi connectivity index (χ2n) is 3.29. The van der Waals surface area contributed by atoms with E-state index in [1.165, 1.54) is 12.3 Å².